The fourth-order valence-corrected chi connectivity index (χ4v) is 1.69. The van der Waals surface area contributed by atoms with E-state index in [0.717, 1.165) is 5.69 Å². The zero-order valence-corrected chi connectivity index (χ0v) is 11.7. The number of anilines is 3. The smallest absolute Gasteiger partial charge is 0.244 e. The third kappa shape index (κ3) is 3.64. The van der Waals surface area contributed by atoms with Gasteiger partial charge in [-0.2, -0.15) is 10.1 Å². The predicted molar refractivity (Wildman–Crippen MR) is 77.8 cm³/mol. The van der Waals surface area contributed by atoms with Crippen LogP contribution < -0.4 is 10.6 Å². The van der Waals surface area contributed by atoms with Gasteiger partial charge in [-0.05, 0) is 44.9 Å². The molecule has 0 aliphatic carbocycles. The van der Waals surface area contributed by atoms with Crippen LogP contribution in [0.2, 0.25) is 0 Å². The lowest BCUT2D eigenvalue weighted by Gasteiger charge is -2.11. The first-order chi connectivity index (χ1) is 9.04. The van der Waals surface area contributed by atoms with Crippen molar-refractivity contribution in [3.63, 3.8) is 0 Å². The highest BCUT2D eigenvalue weighted by molar-refractivity contribution is 5.61. The zero-order valence-electron chi connectivity index (χ0n) is 11.7. The Morgan fingerprint density at radius 3 is 2.68 bits per heavy atom. The molecule has 19 heavy (non-hydrogen) atoms. The normalized spacial score (nSPS) is 10.6. The molecule has 0 unspecified atom stereocenters. The van der Waals surface area contributed by atoms with Gasteiger partial charge in [0.25, 0.3) is 0 Å². The number of aryl methyl sites for hydroxylation is 2. The second-order valence-electron chi connectivity index (χ2n) is 4.91. The van der Waals surface area contributed by atoms with E-state index in [1.54, 1.807) is 6.20 Å². The van der Waals surface area contributed by atoms with Crippen LogP contribution in [0.1, 0.15) is 25.0 Å². The van der Waals surface area contributed by atoms with Crippen LogP contribution in [0.3, 0.4) is 0 Å². The molecule has 5 nitrogen and oxygen atoms in total. The van der Waals surface area contributed by atoms with Crippen molar-refractivity contribution in [1.29, 1.82) is 0 Å². The Hall–Kier alpha value is -2.17. The van der Waals surface area contributed by atoms with Crippen LogP contribution >= 0.6 is 0 Å². The van der Waals surface area contributed by atoms with Crippen molar-refractivity contribution in [2.24, 2.45) is 0 Å². The van der Waals surface area contributed by atoms with E-state index >= 15 is 0 Å². The third-order valence-corrected chi connectivity index (χ3v) is 2.63. The lowest BCUT2D eigenvalue weighted by molar-refractivity contribution is 0.852. The first kappa shape index (κ1) is 13.3. The number of nitrogens with one attached hydrogen (secondary N) is 2. The average molecular weight is 257 g/mol. The minimum absolute atomic E-state index is 0.276. The summed E-state index contributed by atoms with van der Waals surface area (Å²) in [5.41, 5.74) is 3.41. The molecule has 1 aromatic carbocycles. The van der Waals surface area contributed by atoms with Gasteiger partial charge < -0.3 is 10.6 Å². The quantitative estimate of drug-likeness (QED) is 0.881. The lowest BCUT2D eigenvalue weighted by atomic mass is 10.1. The molecule has 0 atom stereocenters. The van der Waals surface area contributed by atoms with Gasteiger partial charge in [-0.1, -0.05) is 12.1 Å². The molecule has 5 heteroatoms. The Morgan fingerprint density at radius 1 is 1.16 bits per heavy atom. The van der Waals surface area contributed by atoms with Crippen LogP contribution in [0.25, 0.3) is 0 Å². The highest BCUT2D eigenvalue weighted by Gasteiger charge is 2.04. The van der Waals surface area contributed by atoms with E-state index < -0.39 is 0 Å². The molecule has 2 aromatic rings. The van der Waals surface area contributed by atoms with Crippen LogP contribution in [0.15, 0.2) is 24.4 Å². The van der Waals surface area contributed by atoms with Crippen molar-refractivity contribution in [2.75, 3.05) is 10.6 Å². The maximum Gasteiger partial charge on any atom is 0.244 e. The Kier molecular flexibility index (Phi) is 3.94. The Bertz CT molecular complexity index is 566. The maximum atomic E-state index is 4.38. The van der Waals surface area contributed by atoms with Crippen molar-refractivity contribution in [3.05, 3.63) is 35.5 Å². The number of aromatic nitrogens is 3. The Labute approximate surface area is 113 Å². The second kappa shape index (κ2) is 5.65. The minimum Gasteiger partial charge on any atom is -0.351 e. The molecule has 0 amide bonds. The second-order valence-corrected chi connectivity index (χ2v) is 4.91. The van der Waals surface area contributed by atoms with Crippen molar-refractivity contribution >= 4 is 17.5 Å². The molecule has 0 aliphatic heterocycles. The van der Waals surface area contributed by atoms with Gasteiger partial charge in [0.15, 0.2) is 5.82 Å². The predicted octanol–water partition coefficient (Wildman–Crippen LogP) is 3.05. The van der Waals surface area contributed by atoms with Crippen molar-refractivity contribution in [1.82, 2.24) is 15.2 Å². The number of benzene rings is 1. The largest absolute Gasteiger partial charge is 0.351 e. The first-order valence-electron chi connectivity index (χ1n) is 6.35. The molecule has 0 bridgehead atoms. The molecule has 2 N–H and O–H groups in total. The number of hydrogen-bond donors (Lipinski definition) is 2. The highest BCUT2D eigenvalue weighted by atomic mass is 15.3. The standard InChI is InChI=1S/C14H19N5/c1-9(2)16-14-18-13(8-15-19-14)17-12-7-10(3)5-6-11(12)4/h5-9H,1-4H3,(H2,16,17,18,19). The van der Waals surface area contributed by atoms with Gasteiger partial charge >= 0.3 is 0 Å². The average Bonchev–Trinajstić information content (AvgIpc) is 2.33. The summed E-state index contributed by atoms with van der Waals surface area (Å²) >= 11 is 0. The van der Waals surface area contributed by atoms with Crippen LogP contribution in [-0.4, -0.2) is 21.2 Å². The summed E-state index contributed by atoms with van der Waals surface area (Å²) in [7, 11) is 0. The van der Waals surface area contributed by atoms with Crippen LogP contribution in [-0.2, 0) is 0 Å². The SMILES string of the molecule is Cc1ccc(C)c(Nc2cnnc(NC(C)C)n2)c1. The van der Waals surface area contributed by atoms with Gasteiger partial charge in [-0.3, -0.25) is 0 Å². The number of hydrogen-bond acceptors (Lipinski definition) is 5. The molecule has 0 saturated carbocycles. The Morgan fingerprint density at radius 2 is 1.95 bits per heavy atom. The van der Waals surface area contributed by atoms with Gasteiger partial charge in [-0.15, -0.1) is 5.10 Å². The van der Waals surface area contributed by atoms with Crippen LogP contribution in [0.4, 0.5) is 17.5 Å². The fourth-order valence-electron chi connectivity index (χ4n) is 1.69. The molecule has 1 aromatic heterocycles. The molecular formula is C14H19N5. The maximum absolute atomic E-state index is 4.38. The molecule has 0 spiro atoms. The molecule has 1 heterocycles. The van der Waals surface area contributed by atoms with E-state index in [2.05, 4.69) is 57.9 Å². The van der Waals surface area contributed by atoms with Gasteiger partial charge in [0, 0.05) is 11.7 Å². The summed E-state index contributed by atoms with van der Waals surface area (Å²) in [6.07, 6.45) is 1.62. The molecule has 0 saturated heterocycles. The topological polar surface area (TPSA) is 62.7 Å². The molecule has 100 valence electrons. The fraction of sp³-hybridized carbons (Fsp3) is 0.357. The lowest BCUT2D eigenvalue weighted by Crippen LogP contribution is -2.13. The van der Waals surface area contributed by atoms with E-state index in [0.29, 0.717) is 11.8 Å². The molecule has 0 fully saturated rings. The summed E-state index contributed by atoms with van der Waals surface area (Å²) in [5, 5.41) is 14.3. The van der Waals surface area contributed by atoms with Crippen molar-refractivity contribution in [2.45, 2.75) is 33.7 Å². The van der Waals surface area contributed by atoms with E-state index in [1.807, 2.05) is 13.8 Å². The minimum atomic E-state index is 0.276. The van der Waals surface area contributed by atoms with Gasteiger partial charge in [-0.25, -0.2) is 0 Å². The van der Waals surface area contributed by atoms with E-state index in [-0.39, 0.29) is 6.04 Å². The van der Waals surface area contributed by atoms with Crippen LogP contribution in [0, 0.1) is 13.8 Å². The summed E-state index contributed by atoms with van der Waals surface area (Å²) < 4.78 is 0. The molecule has 0 radical (unpaired) electrons. The van der Waals surface area contributed by atoms with Crippen LogP contribution in [0.5, 0.6) is 0 Å². The third-order valence-electron chi connectivity index (χ3n) is 2.63. The van der Waals surface area contributed by atoms with E-state index in [4.69, 9.17) is 0 Å². The zero-order chi connectivity index (χ0) is 13.8. The first-order valence-corrected chi connectivity index (χ1v) is 6.35. The van der Waals surface area contributed by atoms with Gasteiger partial charge in [0.1, 0.15) is 0 Å². The number of rotatable bonds is 4. The summed E-state index contributed by atoms with van der Waals surface area (Å²) in [5.74, 6) is 1.22. The highest BCUT2D eigenvalue weighted by Crippen LogP contribution is 2.20. The van der Waals surface area contributed by atoms with Crippen molar-refractivity contribution < 1.29 is 0 Å². The van der Waals surface area contributed by atoms with Crippen molar-refractivity contribution in [3.8, 4) is 0 Å². The summed E-state index contributed by atoms with van der Waals surface area (Å²) in [4.78, 5) is 4.38. The van der Waals surface area contributed by atoms with E-state index in [1.165, 1.54) is 11.1 Å². The Balaban J connectivity index is 2.21. The number of nitrogens with zero attached hydrogens (tertiary/aromatic N) is 3. The molecule has 0 aliphatic rings. The summed E-state index contributed by atoms with van der Waals surface area (Å²) in [6, 6.07) is 6.54. The van der Waals surface area contributed by atoms with Gasteiger partial charge in [0.2, 0.25) is 5.95 Å². The molecular weight excluding hydrogens is 238 g/mol. The molecule has 2 rings (SSSR count). The van der Waals surface area contributed by atoms with Gasteiger partial charge in [0.05, 0.1) is 6.20 Å². The monoisotopic (exact) mass is 257 g/mol. The summed E-state index contributed by atoms with van der Waals surface area (Å²) in [6.45, 7) is 8.20. The van der Waals surface area contributed by atoms with E-state index in [9.17, 15) is 0 Å².